The van der Waals surface area contributed by atoms with E-state index in [1.165, 1.54) is 5.56 Å². The summed E-state index contributed by atoms with van der Waals surface area (Å²) in [6, 6.07) is 13.6. The van der Waals surface area contributed by atoms with E-state index in [-0.39, 0.29) is 12.5 Å². The Labute approximate surface area is 175 Å². The Morgan fingerprint density at radius 2 is 1.93 bits per heavy atom. The van der Waals surface area contributed by atoms with E-state index in [4.69, 9.17) is 4.74 Å². The first kappa shape index (κ1) is 19.8. The van der Waals surface area contributed by atoms with Crippen LogP contribution in [0.1, 0.15) is 31.7 Å². The van der Waals surface area contributed by atoms with Crippen molar-refractivity contribution >= 4 is 54.4 Å². The van der Waals surface area contributed by atoms with Crippen LogP contribution in [-0.4, -0.2) is 17.5 Å². The summed E-state index contributed by atoms with van der Waals surface area (Å²) >= 11 is 7.01. The SMILES string of the molecule is CCC(C)c1ccc(NC(=O)COc2c(Br)cc(Br)c3cccnc23)cc1. The van der Waals surface area contributed by atoms with E-state index in [2.05, 4.69) is 56.0 Å². The van der Waals surface area contributed by atoms with Crippen molar-refractivity contribution in [3.63, 3.8) is 0 Å². The Balaban J connectivity index is 1.69. The maximum absolute atomic E-state index is 12.3. The van der Waals surface area contributed by atoms with Gasteiger partial charge in [0, 0.05) is 21.7 Å². The molecule has 4 nitrogen and oxygen atoms in total. The molecule has 6 heteroatoms. The summed E-state index contributed by atoms with van der Waals surface area (Å²) in [5.41, 5.74) is 2.72. The van der Waals surface area contributed by atoms with Gasteiger partial charge in [0.05, 0.1) is 4.47 Å². The van der Waals surface area contributed by atoms with Gasteiger partial charge in [-0.3, -0.25) is 9.78 Å². The van der Waals surface area contributed by atoms with Crippen LogP contribution in [0.5, 0.6) is 5.75 Å². The van der Waals surface area contributed by atoms with Gasteiger partial charge in [-0.15, -0.1) is 0 Å². The number of carbonyl (C=O) groups is 1. The molecule has 27 heavy (non-hydrogen) atoms. The van der Waals surface area contributed by atoms with E-state index in [1.807, 2.05) is 42.5 Å². The number of ether oxygens (including phenoxy) is 1. The second-order valence-corrected chi connectivity index (χ2v) is 8.05. The Kier molecular flexibility index (Phi) is 6.50. The number of anilines is 1. The Hall–Kier alpha value is -1.92. The van der Waals surface area contributed by atoms with Crippen LogP contribution in [0.2, 0.25) is 0 Å². The van der Waals surface area contributed by atoms with E-state index in [0.29, 0.717) is 17.2 Å². The standard InChI is InChI=1S/C21H20Br2N2O2/c1-3-13(2)14-6-8-15(9-7-14)25-19(26)12-27-21-18(23)11-17(22)16-5-4-10-24-20(16)21/h4-11,13H,3,12H2,1-2H3,(H,25,26). The molecule has 0 spiro atoms. The van der Waals surface area contributed by atoms with Gasteiger partial charge < -0.3 is 10.1 Å². The number of halogens is 2. The minimum absolute atomic E-state index is 0.0982. The summed E-state index contributed by atoms with van der Waals surface area (Å²) < 4.78 is 7.43. The first-order valence-electron chi connectivity index (χ1n) is 8.75. The molecule has 0 aliphatic heterocycles. The van der Waals surface area contributed by atoms with E-state index >= 15 is 0 Å². The summed E-state index contributed by atoms with van der Waals surface area (Å²) in [4.78, 5) is 16.7. The molecule has 0 aliphatic rings. The third-order valence-corrected chi connectivity index (χ3v) is 5.72. The molecule has 0 saturated carbocycles. The summed E-state index contributed by atoms with van der Waals surface area (Å²) in [7, 11) is 0. The van der Waals surface area contributed by atoms with Gasteiger partial charge in [-0.2, -0.15) is 0 Å². The average Bonchev–Trinajstić information content (AvgIpc) is 2.68. The molecule has 1 aromatic heterocycles. The lowest BCUT2D eigenvalue weighted by atomic mass is 9.99. The zero-order chi connectivity index (χ0) is 19.4. The van der Waals surface area contributed by atoms with Crippen LogP contribution >= 0.6 is 31.9 Å². The number of hydrogen-bond donors (Lipinski definition) is 1. The van der Waals surface area contributed by atoms with Crippen molar-refractivity contribution in [2.75, 3.05) is 11.9 Å². The van der Waals surface area contributed by atoms with Gasteiger partial charge in [0.25, 0.3) is 5.91 Å². The minimum Gasteiger partial charge on any atom is -0.480 e. The molecular formula is C21H20Br2N2O2. The number of carbonyl (C=O) groups excluding carboxylic acids is 1. The van der Waals surface area contributed by atoms with Crippen molar-refractivity contribution in [2.24, 2.45) is 0 Å². The fraction of sp³-hybridized carbons (Fsp3) is 0.238. The smallest absolute Gasteiger partial charge is 0.262 e. The number of benzene rings is 2. The van der Waals surface area contributed by atoms with Crippen molar-refractivity contribution in [1.82, 2.24) is 4.98 Å². The molecule has 0 saturated heterocycles. The number of hydrogen-bond acceptors (Lipinski definition) is 3. The topological polar surface area (TPSA) is 51.2 Å². The van der Waals surface area contributed by atoms with Gasteiger partial charge in [-0.1, -0.05) is 48.0 Å². The van der Waals surface area contributed by atoms with Crippen LogP contribution in [0.15, 0.2) is 57.6 Å². The number of aromatic nitrogens is 1. The van der Waals surface area contributed by atoms with Crippen molar-refractivity contribution in [1.29, 1.82) is 0 Å². The monoisotopic (exact) mass is 490 g/mol. The molecule has 0 bridgehead atoms. The summed E-state index contributed by atoms with van der Waals surface area (Å²) in [6.07, 6.45) is 2.79. The van der Waals surface area contributed by atoms with Crippen LogP contribution in [-0.2, 0) is 4.79 Å². The number of pyridine rings is 1. The number of amides is 1. The highest BCUT2D eigenvalue weighted by Gasteiger charge is 2.14. The van der Waals surface area contributed by atoms with Gasteiger partial charge in [-0.25, -0.2) is 0 Å². The number of rotatable bonds is 6. The van der Waals surface area contributed by atoms with Gasteiger partial charge in [-0.05, 0) is 58.1 Å². The molecule has 1 unspecified atom stereocenters. The highest BCUT2D eigenvalue weighted by Crippen LogP contribution is 2.37. The largest absolute Gasteiger partial charge is 0.480 e. The van der Waals surface area contributed by atoms with Crippen LogP contribution in [0.3, 0.4) is 0 Å². The molecule has 0 aliphatic carbocycles. The Bertz CT molecular complexity index is 958. The number of fused-ring (bicyclic) bond motifs is 1. The Morgan fingerprint density at radius 1 is 1.19 bits per heavy atom. The van der Waals surface area contributed by atoms with Crippen LogP contribution in [0.4, 0.5) is 5.69 Å². The summed E-state index contributed by atoms with van der Waals surface area (Å²) in [5.74, 6) is 0.842. The lowest BCUT2D eigenvalue weighted by molar-refractivity contribution is -0.118. The normalized spacial score (nSPS) is 12.0. The lowest BCUT2D eigenvalue weighted by Gasteiger charge is -2.13. The van der Waals surface area contributed by atoms with Crippen molar-refractivity contribution in [2.45, 2.75) is 26.2 Å². The first-order valence-corrected chi connectivity index (χ1v) is 10.3. The number of nitrogens with one attached hydrogen (secondary N) is 1. The van der Waals surface area contributed by atoms with Gasteiger partial charge in [0.1, 0.15) is 5.52 Å². The second-order valence-electron chi connectivity index (χ2n) is 6.34. The predicted molar refractivity (Wildman–Crippen MR) is 116 cm³/mol. The van der Waals surface area contributed by atoms with E-state index < -0.39 is 0 Å². The Morgan fingerprint density at radius 3 is 2.63 bits per heavy atom. The maximum Gasteiger partial charge on any atom is 0.262 e. The third-order valence-electron chi connectivity index (χ3n) is 4.47. The second kappa shape index (κ2) is 8.85. The average molecular weight is 492 g/mol. The molecule has 140 valence electrons. The predicted octanol–water partition coefficient (Wildman–Crippen LogP) is 6.29. The maximum atomic E-state index is 12.3. The fourth-order valence-electron chi connectivity index (χ4n) is 2.75. The van der Waals surface area contributed by atoms with Gasteiger partial charge >= 0.3 is 0 Å². The van der Waals surface area contributed by atoms with E-state index in [0.717, 1.165) is 26.4 Å². The van der Waals surface area contributed by atoms with E-state index in [9.17, 15) is 4.79 Å². The molecule has 2 aromatic carbocycles. The zero-order valence-electron chi connectivity index (χ0n) is 15.1. The molecule has 1 heterocycles. The van der Waals surface area contributed by atoms with Crippen molar-refractivity contribution in [3.8, 4) is 5.75 Å². The number of nitrogens with zero attached hydrogens (tertiary/aromatic N) is 1. The lowest BCUT2D eigenvalue weighted by Crippen LogP contribution is -2.20. The summed E-state index contributed by atoms with van der Waals surface area (Å²) in [5, 5.41) is 3.79. The highest BCUT2D eigenvalue weighted by atomic mass is 79.9. The van der Waals surface area contributed by atoms with Gasteiger partial charge in [0.2, 0.25) is 0 Å². The van der Waals surface area contributed by atoms with Gasteiger partial charge in [0.15, 0.2) is 12.4 Å². The molecular weight excluding hydrogens is 472 g/mol. The third kappa shape index (κ3) is 4.68. The molecule has 0 fully saturated rings. The molecule has 3 aromatic rings. The minimum atomic E-state index is -0.217. The zero-order valence-corrected chi connectivity index (χ0v) is 18.3. The van der Waals surface area contributed by atoms with Crippen molar-refractivity contribution in [3.05, 3.63) is 63.2 Å². The fourth-order valence-corrected chi connectivity index (χ4v) is 4.14. The molecule has 1 amide bonds. The van der Waals surface area contributed by atoms with E-state index in [1.54, 1.807) is 6.20 Å². The molecule has 1 N–H and O–H groups in total. The van der Waals surface area contributed by atoms with Crippen LogP contribution < -0.4 is 10.1 Å². The quantitative estimate of drug-likeness (QED) is 0.440. The molecule has 3 rings (SSSR count). The highest BCUT2D eigenvalue weighted by molar-refractivity contribution is 9.11. The first-order chi connectivity index (χ1) is 13.0. The van der Waals surface area contributed by atoms with Crippen molar-refractivity contribution < 1.29 is 9.53 Å². The van der Waals surface area contributed by atoms with Crippen LogP contribution in [0, 0.1) is 0 Å². The summed E-state index contributed by atoms with van der Waals surface area (Å²) in [6.45, 7) is 4.26. The molecule has 0 radical (unpaired) electrons. The molecule has 1 atom stereocenters. The van der Waals surface area contributed by atoms with Crippen LogP contribution in [0.25, 0.3) is 10.9 Å².